The van der Waals surface area contributed by atoms with Crippen LogP contribution in [0.3, 0.4) is 0 Å². The van der Waals surface area contributed by atoms with Crippen molar-refractivity contribution in [3.05, 3.63) is 35.9 Å². The molecule has 0 unspecified atom stereocenters. The largest absolute Gasteiger partial charge is 0.444 e. The van der Waals surface area contributed by atoms with Crippen LogP contribution in [0.1, 0.15) is 26.3 Å². The fourth-order valence-electron chi connectivity index (χ4n) is 1.26. The van der Waals surface area contributed by atoms with E-state index in [-0.39, 0.29) is 6.54 Å². The maximum Gasteiger partial charge on any atom is 0.407 e. The van der Waals surface area contributed by atoms with E-state index in [1.807, 2.05) is 51.1 Å². The van der Waals surface area contributed by atoms with Gasteiger partial charge in [0, 0.05) is 5.75 Å². The van der Waals surface area contributed by atoms with Gasteiger partial charge in [0.1, 0.15) is 5.60 Å². The minimum Gasteiger partial charge on any atom is -0.444 e. The smallest absolute Gasteiger partial charge is 0.407 e. The SMILES string of the molecule is CC(C)(C)OC(=O)NCC(=N)SCc1ccccc1. The highest BCUT2D eigenvalue weighted by Gasteiger charge is 2.15. The van der Waals surface area contributed by atoms with Crippen LogP contribution in [0.2, 0.25) is 0 Å². The molecule has 1 aromatic carbocycles. The first-order chi connectivity index (χ1) is 8.87. The molecule has 0 heterocycles. The lowest BCUT2D eigenvalue weighted by Gasteiger charge is -2.19. The second-order valence-electron chi connectivity index (χ2n) is 5.05. The maximum absolute atomic E-state index is 11.4. The van der Waals surface area contributed by atoms with Crippen molar-refractivity contribution in [3.8, 4) is 0 Å². The summed E-state index contributed by atoms with van der Waals surface area (Å²) in [5.74, 6) is 0.732. The average Bonchev–Trinajstić information content (AvgIpc) is 2.33. The van der Waals surface area contributed by atoms with Gasteiger partial charge >= 0.3 is 6.09 Å². The van der Waals surface area contributed by atoms with Crippen molar-refractivity contribution in [2.24, 2.45) is 0 Å². The summed E-state index contributed by atoms with van der Waals surface area (Å²) in [5.41, 5.74) is 0.651. The quantitative estimate of drug-likeness (QED) is 0.656. The van der Waals surface area contributed by atoms with Gasteiger partial charge in [-0.3, -0.25) is 5.41 Å². The van der Waals surface area contributed by atoms with Crippen molar-refractivity contribution in [2.75, 3.05) is 6.54 Å². The topological polar surface area (TPSA) is 62.2 Å². The molecule has 0 aliphatic carbocycles. The highest BCUT2D eigenvalue weighted by molar-refractivity contribution is 8.13. The first-order valence-corrected chi connectivity index (χ1v) is 7.06. The van der Waals surface area contributed by atoms with Crippen LogP contribution in [0.15, 0.2) is 30.3 Å². The van der Waals surface area contributed by atoms with E-state index in [4.69, 9.17) is 10.1 Å². The zero-order chi connectivity index (χ0) is 14.3. The zero-order valence-electron chi connectivity index (χ0n) is 11.5. The molecule has 4 nitrogen and oxygen atoms in total. The Hall–Kier alpha value is -1.49. The second-order valence-corrected chi connectivity index (χ2v) is 6.12. The molecule has 1 rings (SSSR count). The Morgan fingerprint density at radius 3 is 2.53 bits per heavy atom. The number of carbonyl (C=O) groups excluding carboxylic acids is 1. The van der Waals surface area contributed by atoms with Gasteiger partial charge in [-0.15, -0.1) is 11.8 Å². The Labute approximate surface area is 118 Å². The minimum atomic E-state index is -0.510. The molecule has 0 aromatic heterocycles. The Balaban J connectivity index is 2.23. The van der Waals surface area contributed by atoms with Crippen molar-refractivity contribution >= 4 is 22.9 Å². The molecule has 19 heavy (non-hydrogen) atoms. The summed E-state index contributed by atoms with van der Waals surface area (Å²) in [6.45, 7) is 5.62. The minimum absolute atomic E-state index is 0.201. The normalized spacial score (nSPS) is 10.9. The third-order valence-electron chi connectivity index (χ3n) is 2.05. The van der Waals surface area contributed by atoms with Crippen molar-refractivity contribution in [1.29, 1.82) is 5.41 Å². The maximum atomic E-state index is 11.4. The fourth-order valence-corrected chi connectivity index (χ4v) is 1.97. The molecular weight excluding hydrogens is 260 g/mol. The summed E-state index contributed by atoms with van der Waals surface area (Å²) < 4.78 is 5.09. The molecule has 2 N–H and O–H groups in total. The van der Waals surface area contributed by atoms with E-state index in [0.29, 0.717) is 5.04 Å². The number of hydrogen-bond donors (Lipinski definition) is 2. The van der Waals surface area contributed by atoms with Crippen LogP contribution in [-0.2, 0) is 10.5 Å². The van der Waals surface area contributed by atoms with E-state index in [9.17, 15) is 4.79 Å². The fraction of sp³-hybridized carbons (Fsp3) is 0.429. The number of benzene rings is 1. The van der Waals surface area contributed by atoms with Crippen LogP contribution in [-0.4, -0.2) is 23.3 Å². The van der Waals surface area contributed by atoms with Gasteiger partial charge in [0.25, 0.3) is 0 Å². The van der Waals surface area contributed by atoms with Crippen molar-refractivity contribution in [2.45, 2.75) is 32.1 Å². The van der Waals surface area contributed by atoms with Gasteiger partial charge < -0.3 is 10.1 Å². The molecule has 0 fully saturated rings. The molecule has 0 spiro atoms. The molecule has 0 radical (unpaired) electrons. The standard InChI is InChI=1S/C14H20N2O2S/c1-14(2,3)18-13(17)16-9-12(15)19-10-11-7-5-4-6-8-11/h4-8,15H,9-10H2,1-3H3,(H,16,17). The number of ether oxygens (including phenoxy) is 1. The highest BCUT2D eigenvalue weighted by atomic mass is 32.2. The van der Waals surface area contributed by atoms with Crippen molar-refractivity contribution in [3.63, 3.8) is 0 Å². The summed E-state index contributed by atoms with van der Waals surface area (Å²) in [4.78, 5) is 11.4. The highest BCUT2D eigenvalue weighted by Crippen LogP contribution is 2.12. The molecule has 0 saturated heterocycles. The van der Waals surface area contributed by atoms with Crippen molar-refractivity contribution < 1.29 is 9.53 Å². The summed E-state index contributed by atoms with van der Waals surface area (Å²) >= 11 is 1.40. The number of thioether (sulfide) groups is 1. The molecule has 1 amide bonds. The van der Waals surface area contributed by atoms with Crippen LogP contribution < -0.4 is 5.32 Å². The zero-order valence-corrected chi connectivity index (χ0v) is 12.3. The number of carbonyl (C=O) groups is 1. The summed E-state index contributed by atoms with van der Waals surface area (Å²) in [5, 5.41) is 10.7. The first kappa shape index (κ1) is 15.6. The molecule has 0 aliphatic heterocycles. The molecule has 0 saturated carbocycles. The third-order valence-corrected chi connectivity index (χ3v) is 3.02. The van der Waals surface area contributed by atoms with Gasteiger partial charge in [-0.25, -0.2) is 4.79 Å². The van der Waals surface area contributed by atoms with E-state index in [2.05, 4.69) is 5.32 Å². The van der Waals surface area contributed by atoms with E-state index in [0.717, 1.165) is 11.3 Å². The Morgan fingerprint density at radius 1 is 1.32 bits per heavy atom. The van der Waals surface area contributed by atoms with Crippen LogP contribution in [0.5, 0.6) is 0 Å². The molecule has 1 aromatic rings. The second kappa shape index (κ2) is 7.19. The lowest BCUT2D eigenvalue weighted by molar-refractivity contribution is 0.0536. The summed E-state index contributed by atoms with van der Waals surface area (Å²) in [7, 11) is 0. The van der Waals surface area contributed by atoms with Gasteiger partial charge in [0.15, 0.2) is 0 Å². The van der Waals surface area contributed by atoms with Crippen molar-refractivity contribution in [1.82, 2.24) is 5.32 Å². The number of nitrogens with one attached hydrogen (secondary N) is 2. The molecule has 5 heteroatoms. The monoisotopic (exact) mass is 280 g/mol. The number of rotatable bonds is 4. The van der Waals surface area contributed by atoms with Gasteiger partial charge in [0.2, 0.25) is 0 Å². The van der Waals surface area contributed by atoms with Gasteiger partial charge in [-0.1, -0.05) is 30.3 Å². The first-order valence-electron chi connectivity index (χ1n) is 6.08. The molecule has 0 aliphatic rings. The predicted molar refractivity (Wildman–Crippen MR) is 79.7 cm³/mol. The lowest BCUT2D eigenvalue weighted by Crippen LogP contribution is -2.34. The Kier molecular flexibility index (Phi) is 5.89. The van der Waals surface area contributed by atoms with E-state index in [1.54, 1.807) is 0 Å². The van der Waals surface area contributed by atoms with Crippen LogP contribution >= 0.6 is 11.8 Å². The lowest BCUT2D eigenvalue weighted by atomic mass is 10.2. The van der Waals surface area contributed by atoms with E-state index < -0.39 is 11.7 Å². The van der Waals surface area contributed by atoms with Crippen LogP contribution in [0.25, 0.3) is 0 Å². The summed E-state index contributed by atoms with van der Waals surface area (Å²) in [6, 6.07) is 9.93. The van der Waals surface area contributed by atoms with Gasteiger partial charge in [-0.2, -0.15) is 0 Å². The van der Waals surface area contributed by atoms with Gasteiger partial charge in [0.05, 0.1) is 11.6 Å². The summed E-state index contributed by atoms with van der Waals surface area (Å²) in [6.07, 6.45) is -0.488. The van der Waals surface area contributed by atoms with E-state index in [1.165, 1.54) is 11.8 Å². The third kappa shape index (κ3) is 7.51. The molecular formula is C14H20N2O2S. The van der Waals surface area contributed by atoms with Crippen LogP contribution in [0.4, 0.5) is 4.79 Å². The average molecular weight is 280 g/mol. The number of alkyl carbamates (subject to hydrolysis) is 1. The number of amides is 1. The molecule has 104 valence electrons. The van der Waals surface area contributed by atoms with E-state index >= 15 is 0 Å². The predicted octanol–water partition coefficient (Wildman–Crippen LogP) is 3.42. The van der Waals surface area contributed by atoms with Gasteiger partial charge in [-0.05, 0) is 26.3 Å². The Bertz CT molecular complexity index is 427. The number of hydrogen-bond acceptors (Lipinski definition) is 4. The Morgan fingerprint density at radius 2 is 1.95 bits per heavy atom. The van der Waals surface area contributed by atoms with Crippen LogP contribution in [0, 0.1) is 5.41 Å². The molecule has 0 bridgehead atoms. The molecule has 0 atom stereocenters.